The Labute approximate surface area is 281 Å². The Kier molecular flexibility index (Phi) is 10.4. The van der Waals surface area contributed by atoms with Crippen LogP contribution < -0.4 is 10.2 Å². The second kappa shape index (κ2) is 14.3. The molecule has 0 unspecified atom stereocenters. The summed E-state index contributed by atoms with van der Waals surface area (Å²) in [5.74, 6) is -0.736. The van der Waals surface area contributed by atoms with Crippen LogP contribution in [0.25, 0.3) is 10.8 Å². The van der Waals surface area contributed by atoms with Crippen molar-refractivity contribution >= 4 is 89.3 Å². The van der Waals surface area contributed by atoms with Gasteiger partial charge in [-0.2, -0.15) is 31.8 Å². The average molecular weight is 736 g/mol. The number of rotatable bonds is 12. The van der Waals surface area contributed by atoms with E-state index in [0.29, 0.717) is 18.6 Å². The predicted molar refractivity (Wildman–Crippen MR) is 174 cm³/mol. The summed E-state index contributed by atoms with van der Waals surface area (Å²) in [7, 11) is -9.55. The van der Waals surface area contributed by atoms with Crippen LogP contribution in [0.2, 0.25) is 5.28 Å². The van der Waals surface area contributed by atoms with Gasteiger partial charge in [-0.3, -0.25) is 9.11 Å². The third kappa shape index (κ3) is 7.78. The number of anilines is 4. The highest BCUT2D eigenvalue weighted by Crippen LogP contribution is 2.47. The summed E-state index contributed by atoms with van der Waals surface area (Å²) in [4.78, 5) is 13.1. The Morgan fingerprint density at radius 1 is 0.938 bits per heavy atom. The summed E-state index contributed by atoms with van der Waals surface area (Å²) in [6.07, 6.45) is 0. The summed E-state index contributed by atoms with van der Waals surface area (Å²) < 4.78 is 72.3. The Bertz CT molecular complexity index is 2250. The lowest BCUT2D eigenvalue weighted by Gasteiger charge is -2.21. The van der Waals surface area contributed by atoms with E-state index in [0.717, 1.165) is 23.9 Å². The van der Waals surface area contributed by atoms with Crippen molar-refractivity contribution in [2.75, 3.05) is 16.8 Å². The van der Waals surface area contributed by atoms with Crippen LogP contribution >= 0.6 is 23.6 Å². The quantitative estimate of drug-likeness (QED) is 0.0297. The summed E-state index contributed by atoms with van der Waals surface area (Å²) in [6, 6.07) is 17.4. The van der Waals surface area contributed by atoms with Gasteiger partial charge in [0, 0.05) is 17.6 Å². The van der Waals surface area contributed by atoms with E-state index in [9.17, 15) is 31.0 Å². The number of benzene rings is 4. The van der Waals surface area contributed by atoms with E-state index in [2.05, 4.69) is 39.9 Å². The minimum Gasteiger partial charge on any atom is -0.505 e. The maximum absolute atomic E-state index is 12.3. The number of hydrogen-bond donors (Lipinski definition) is 5. The highest BCUT2D eigenvalue weighted by Gasteiger charge is 2.23. The van der Waals surface area contributed by atoms with E-state index < -0.39 is 35.8 Å². The van der Waals surface area contributed by atoms with Gasteiger partial charge in [-0.15, -0.1) is 14.6 Å². The molecule has 0 radical (unpaired) electrons. The molecule has 1 heterocycles. The fourth-order valence-corrected chi connectivity index (χ4v) is 6.28. The van der Waals surface area contributed by atoms with Crippen LogP contribution in [0.4, 0.5) is 34.6 Å². The van der Waals surface area contributed by atoms with Gasteiger partial charge in [0.25, 0.3) is 20.2 Å². The SMILES string of the molecule is CCN(c1ccccc1)c1nc(Cl)nc(Nc2cc(S(=O)(=O)O)cc3cc(SOOO)c(/N=N/c4ccccc4S(=O)(=O)O)c(O)c23)n1. The van der Waals surface area contributed by atoms with E-state index in [1.165, 1.54) is 24.3 Å². The molecule has 0 aliphatic rings. The van der Waals surface area contributed by atoms with Crippen LogP contribution in [0.15, 0.2) is 97.7 Å². The van der Waals surface area contributed by atoms with Gasteiger partial charge < -0.3 is 15.3 Å². The van der Waals surface area contributed by atoms with E-state index >= 15 is 0 Å². The molecule has 0 atom stereocenters. The number of para-hydroxylation sites is 1. The van der Waals surface area contributed by atoms with Crippen LogP contribution in [0.3, 0.4) is 0 Å². The highest BCUT2D eigenvalue weighted by atomic mass is 35.5. The molecular formula is C27H22ClN7O10S3. The van der Waals surface area contributed by atoms with E-state index in [4.69, 9.17) is 16.9 Å². The molecule has 0 spiro atoms. The number of phenols is 1. The number of azo groups is 1. The molecular weight excluding hydrogens is 714 g/mol. The second-order valence-electron chi connectivity index (χ2n) is 9.42. The largest absolute Gasteiger partial charge is 0.505 e. The Morgan fingerprint density at radius 2 is 1.65 bits per heavy atom. The summed E-state index contributed by atoms with van der Waals surface area (Å²) in [5.41, 5.74) is -0.123. The molecule has 250 valence electrons. The molecule has 17 nitrogen and oxygen atoms in total. The Balaban J connectivity index is 1.71. The third-order valence-corrected chi connectivity index (χ3v) is 8.97. The molecule has 21 heteroatoms. The zero-order chi connectivity index (χ0) is 34.6. The van der Waals surface area contributed by atoms with Crippen LogP contribution in [-0.2, 0) is 29.6 Å². The predicted octanol–water partition coefficient (Wildman–Crippen LogP) is 6.62. The van der Waals surface area contributed by atoms with Gasteiger partial charge >= 0.3 is 0 Å². The van der Waals surface area contributed by atoms with Crippen LogP contribution in [-0.4, -0.2) is 57.8 Å². The average Bonchev–Trinajstić information content (AvgIpc) is 3.03. The van der Waals surface area contributed by atoms with Crippen molar-refractivity contribution in [3.63, 3.8) is 0 Å². The van der Waals surface area contributed by atoms with Crippen molar-refractivity contribution in [2.24, 2.45) is 10.2 Å². The van der Waals surface area contributed by atoms with E-state index in [1.807, 2.05) is 37.3 Å². The second-order valence-corrected chi connectivity index (χ2v) is 13.3. The van der Waals surface area contributed by atoms with Gasteiger partial charge in [-0.05, 0) is 66.4 Å². The number of aromatic nitrogens is 3. The molecule has 0 saturated carbocycles. The molecule has 0 fully saturated rings. The molecule has 0 aliphatic heterocycles. The van der Waals surface area contributed by atoms with Crippen molar-refractivity contribution in [1.82, 2.24) is 15.0 Å². The summed E-state index contributed by atoms with van der Waals surface area (Å²) in [6.45, 7) is 2.27. The first-order chi connectivity index (χ1) is 22.8. The first-order valence-corrected chi connectivity index (χ1v) is 17.3. The van der Waals surface area contributed by atoms with Crippen LogP contribution in [0, 0.1) is 0 Å². The molecule has 0 amide bonds. The first-order valence-electron chi connectivity index (χ1n) is 13.3. The fraction of sp³-hybridized carbons (Fsp3) is 0.0741. The number of halogens is 1. The number of hydrogen-bond acceptors (Lipinski definition) is 16. The molecule has 0 bridgehead atoms. The smallest absolute Gasteiger partial charge is 0.296 e. The Hall–Kier alpha value is -4.51. The van der Waals surface area contributed by atoms with Crippen LogP contribution in [0.1, 0.15) is 6.92 Å². The summed E-state index contributed by atoms with van der Waals surface area (Å²) >= 11 is 6.56. The molecule has 5 N–H and O–H groups in total. The topological polar surface area (TPSA) is 246 Å². The minimum absolute atomic E-state index is 0.0219. The number of nitrogens with zero attached hydrogens (tertiary/aromatic N) is 6. The van der Waals surface area contributed by atoms with Gasteiger partial charge in [0.1, 0.15) is 16.3 Å². The van der Waals surface area contributed by atoms with Crippen molar-refractivity contribution < 1.29 is 45.7 Å². The van der Waals surface area contributed by atoms with Crippen LogP contribution in [0.5, 0.6) is 5.75 Å². The van der Waals surface area contributed by atoms with Gasteiger partial charge in [0.15, 0.2) is 5.75 Å². The number of phenolic OH excluding ortho intramolecular Hbond substituents is 1. The molecule has 5 aromatic rings. The third-order valence-electron chi connectivity index (χ3n) is 6.44. The van der Waals surface area contributed by atoms with E-state index in [1.54, 1.807) is 4.90 Å². The zero-order valence-corrected chi connectivity index (χ0v) is 27.4. The van der Waals surface area contributed by atoms with E-state index in [-0.39, 0.29) is 49.9 Å². The summed E-state index contributed by atoms with van der Waals surface area (Å²) in [5, 5.41) is 34.2. The molecule has 5 rings (SSSR count). The fourth-order valence-electron chi connectivity index (χ4n) is 4.47. The lowest BCUT2D eigenvalue weighted by molar-refractivity contribution is -0.432. The number of fused-ring (bicyclic) bond motifs is 1. The number of aromatic hydroxyl groups is 1. The molecule has 0 saturated heterocycles. The standard InChI is InChI=1S/C27H22ClN7O10S3/c1-2-35(16-8-4-3-5-9-16)27-31-25(28)30-26(32-27)29-19-14-17(47(38,39)40)12-15-13-20(46-45-44-37)23(24(36)22(15)19)34-33-18-10-6-7-11-21(18)48(41,42)43/h3-14,36-37H,2H2,1H3,(H,38,39,40)(H,41,42,43)(H,29,30,31,32)/b34-33+. The molecule has 48 heavy (non-hydrogen) atoms. The van der Waals surface area contributed by atoms with Crippen molar-refractivity contribution in [3.8, 4) is 5.75 Å². The van der Waals surface area contributed by atoms with Gasteiger partial charge in [0.2, 0.25) is 17.2 Å². The lowest BCUT2D eigenvalue weighted by atomic mass is 10.1. The van der Waals surface area contributed by atoms with Gasteiger partial charge in [-0.1, -0.05) is 35.4 Å². The monoisotopic (exact) mass is 735 g/mol. The first kappa shape index (κ1) is 34.8. The molecule has 0 aliphatic carbocycles. The maximum Gasteiger partial charge on any atom is 0.296 e. The van der Waals surface area contributed by atoms with Gasteiger partial charge in [0.05, 0.1) is 27.5 Å². The van der Waals surface area contributed by atoms with Crippen molar-refractivity contribution in [1.29, 1.82) is 0 Å². The lowest BCUT2D eigenvalue weighted by Crippen LogP contribution is -2.19. The number of nitrogens with one attached hydrogen (secondary N) is 1. The Morgan fingerprint density at radius 3 is 2.31 bits per heavy atom. The zero-order valence-electron chi connectivity index (χ0n) is 24.2. The molecule has 4 aromatic carbocycles. The minimum atomic E-state index is -4.83. The highest BCUT2D eigenvalue weighted by molar-refractivity contribution is 7.94. The molecule has 1 aromatic heterocycles. The maximum atomic E-state index is 12.3. The van der Waals surface area contributed by atoms with Gasteiger partial charge in [-0.25, -0.2) is 5.26 Å². The van der Waals surface area contributed by atoms with Crippen molar-refractivity contribution in [2.45, 2.75) is 21.6 Å². The normalized spacial score (nSPS) is 12.1. The van der Waals surface area contributed by atoms with Crippen molar-refractivity contribution in [3.05, 3.63) is 78.1 Å².